The first kappa shape index (κ1) is 17.2. The van der Waals surface area contributed by atoms with Gasteiger partial charge >= 0.3 is 0 Å². The number of nitrogens with zero attached hydrogens (tertiary/aromatic N) is 1. The average Bonchev–Trinajstić information content (AvgIpc) is 2.36. The minimum absolute atomic E-state index is 0.0140. The second-order valence-electron chi connectivity index (χ2n) is 4.04. The first-order chi connectivity index (χ1) is 9.28. The van der Waals surface area contributed by atoms with Crippen LogP contribution in [0.2, 0.25) is 10.0 Å². The van der Waals surface area contributed by atoms with Crippen LogP contribution in [0.3, 0.4) is 0 Å². The number of carbonyl (C=O) groups excluding carboxylic acids is 1. The second-order valence-corrected chi connectivity index (χ2v) is 6.95. The zero-order valence-electron chi connectivity index (χ0n) is 11.2. The lowest BCUT2D eigenvalue weighted by Crippen LogP contribution is -2.38. The number of carbonyl (C=O) groups is 1. The Morgan fingerprint density at radius 2 is 1.85 bits per heavy atom. The molecule has 1 aromatic carbocycles. The highest BCUT2D eigenvalue weighted by Gasteiger charge is 2.18. The molecule has 0 fully saturated rings. The van der Waals surface area contributed by atoms with Crippen LogP contribution in [0.5, 0.6) is 0 Å². The van der Waals surface area contributed by atoms with E-state index in [9.17, 15) is 13.2 Å². The summed E-state index contributed by atoms with van der Waals surface area (Å²) in [6.45, 7) is 3.15. The van der Waals surface area contributed by atoms with Gasteiger partial charge in [-0.3, -0.25) is 4.79 Å². The maximum Gasteiger partial charge on any atom is 0.223 e. The van der Waals surface area contributed by atoms with E-state index >= 15 is 0 Å². The monoisotopic (exact) mass is 338 g/mol. The topological polar surface area (TPSA) is 66.5 Å². The molecule has 0 saturated heterocycles. The van der Waals surface area contributed by atoms with Gasteiger partial charge in [-0.05, 0) is 19.1 Å². The molecule has 1 aromatic rings. The molecule has 1 N–H and O–H groups in total. The summed E-state index contributed by atoms with van der Waals surface area (Å²) in [6, 6.07) is 4.91. The van der Waals surface area contributed by atoms with Crippen LogP contribution in [0.4, 0.5) is 5.69 Å². The molecule has 112 valence electrons. The fraction of sp³-hybridized carbons (Fsp3) is 0.417. The number of hydrogen-bond acceptors (Lipinski definition) is 3. The summed E-state index contributed by atoms with van der Waals surface area (Å²) in [5.41, 5.74) is 0.388. The number of nitrogens with one attached hydrogen (secondary N) is 1. The van der Waals surface area contributed by atoms with Crippen molar-refractivity contribution < 1.29 is 13.2 Å². The quantitative estimate of drug-likeness (QED) is 0.865. The molecule has 1 amide bonds. The smallest absolute Gasteiger partial charge is 0.223 e. The van der Waals surface area contributed by atoms with Crippen LogP contribution in [-0.2, 0) is 14.8 Å². The molecule has 0 heterocycles. The van der Waals surface area contributed by atoms with Crippen molar-refractivity contribution in [2.24, 2.45) is 0 Å². The molecule has 0 unspecified atom stereocenters. The van der Waals surface area contributed by atoms with Gasteiger partial charge in [0.2, 0.25) is 15.9 Å². The van der Waals surface area contributed by atoms with Crippen molar-refractivity contribution in [2.45, 2.75) is 13.8 Å². The molecule has 0 bridgehead atoms. The molecule has 0 atom stereocenters. The fourth-order valence-corrected chi connectivity index (χ4v) is 2.80. The largest absolute Gasteiger partial charge is 0.309 e. The Morgan fingerprint density at radius 1 is 1.30 bits per heavy atom. The van der Waals surface area contributed by atoms with Crippen molar-refractivity contribution in [3.63, 3.8) is 0 Å². The zero-order valence-corrected chi connectivity index (χ0v) is 13.5. The third-order valence-corrected chi connectivity index (χ3v) is 4.64. The molecular weight excluding hydrogens is 323 g/mol. The lowest BCUT2D eigenvalue weighted by atomic mass is 10.2. The van der Waals surface area contributed by atoms with Crippen LogP contribution >= 0.6 is 23.2 Å². The van der Waals surface area contributed by atoms with E-state index in [1.54, 1.807) is 18.2 Å². The lowest BCUT2D eigenvalue weighted by Gasteiger charge is -2.23. The second kappa shape index (κ2) is 7.26. The lowest BCUT2D eigenvalue weighted by molar-refractivity contribution is -0.116. The van der Waals surface area contributed by atoms with Crippen molar-refractivity contribution in [3.8, 4) is 0 Å². The Morgan fingerprint density at radius 3 is 2.30 bits per heavy atom. The first-order valence-electron chi connectivity index (χ1n) is 5.98. The minimum atomic E-state index is -3.30. The first-order valence-corrected chi connectivity index (χ1v) is 8.38. The number of hydrogen-bond donors (Lipinski definition) is 1. The van der Waals surface area contributed by atoms with Gasteiger partial charge in [-0.2, -0.15) is 0 Å². The Bertz CT molecular complexity index is 570. The summed E-state index contributed by atoms with van der Waals surface area (Å²) in [4.78, 5) is 13.1. The van der Waals surface area contributed by atoms with Gasteiger partial charge in [0.15, 0.2) is 0 Å². The van der Waals surface area contributed by atoms with Gasteiger partial charge in [0.25, 0.3) is 0 Å². The summed E-state index contributed by atoms with van der Waals surface area (Å²) in [6.07, 6.45) is 0. The van der Waals surface area contributed by atoms with Crippen LogP contribution in [0.25, 0.3) is 0 Å². The zero-order chi connectivity index (χ0) is 15.3. The van der Waals surface area contributed by atoms with E-state index in [2.05, 4.69) is 4.72 Å². The van der Waals surface area contributed by atoms with E-state index in [0.717, 1.165) is 0 Å². The summed E-state index contributed by atoms with van der Waals surface area (Å²) < 4.78 is 25.1. The Balaban J connectivity index is 2.89. The van der Waals surface area contributed by atoms with E-state index in [0.29, 0.717) is 15.7 Å². The molecule has 0 aliphatic carbocycles. The van der Waals surface area contributed by atoms with E-state index in [1.165, 1.54) is 18.7 Å². The summed E-state index contributed by atoms with van der Waals surface area (Å²) in [5, 5.41) is 0.678. The van der Waals surface area contributed by atoms with Crippen LogP contribution in [0.1, 0.15) is 13.8 Å². The molecule has 20 heavy (non-hydrogen) atoms. The van der Waals surface area contributed by atoms with E-state index in [1.807, 2.05) is 0 Å². The SMILES string of the molecule is CCS(=O)(=O)NCCN(C(C)=O)c1c(Cl)cccc1Cl. The van der Waals surface area contributed by atoms with Crippen molar-refractivity contribution in [3.05, 3.63) is 28.2 Å². The maximum absolute atomic E-state index is 11.7. The van der Waals surface area contributed by atoms with Gasteiger partial charge in [-0.1, -0.05) is 29.3 Å². The summed E-state index contributed by atoms with van der Waals surface area (Å²) in [5.74, 6) is -0.282. The van der Waals surface area contributed by atoms with Crippen molar-refractivity contribution in [1.29, 1.82) is 0 Å². The maximum atomic E-state index is 11.7. The summed E-state index contributed by atoms with van der Waals surface area (Å²) in [7, 11) is -3.30. The minimum Gasteiger partial charge on any atom is -0.309 e. The van der Waals surface area contributed by atoms with Gasteiger partial charge in [0.05, 0.1) is 21.5 Å². The molecule has 5 nitrogen and oxygen atoms in total. The van der Waals surface area contributed by atoms with Crippen molar-refractivity contribution in [2.75, 3.05) is 23.7 Å². The van der Waals surface area contributed by atoms with Crippen LogP contribution < -0.4 is 9.62 Å². The molecule has 8 heteroatoms. The Labute approximate surface area is 128 Å². The van der Waals surface area contributed by atoms with Crippen LogP contribution in [0, 0.1) is 0 Å². The predicted molar refractivity (Wildman–Crippen MR) is 82.0 cm³/mol. The van der Waals surface area contributed by atoms with Crippen LogP contribution in [-0.4, -0.2) is 33.2 Å². The van der Waals surface area contributed by atoms with Crippen LogP contribution in [0.15, 0.2) is 18.2 Å². The number of rotatable bonds is 6. The van der Waals surface area contributed by atoms with Crippen molar-refractivity contribution >= 4 is 44.8 Å². The number of sulfonamides is 1. The third-order valence-electron chi connectivity index (χ3n) is 2.63. The normalized spacial score (nSPS) is 11.4. The van der Waals surface area contributed by atoms with Gasteiger partial charge in [0, 0.05) is 20.0 Å². The predicted octanol–water partition coefficient (Wildman–Crippen LogP) is 2.29. The molecule has 0 aliphatic rings. The third kappa shape index (κ3) is 4.63. The average molecular weight is 339 g/mol. The van der Waals surface area contributed by atoms with E-state index in [4.69, 9.17) is 23.2 Å². The molecule has 0 spiro atoms. The fourth-order valence-electron chi connectivity index (χ4n) is 1.59. The molecule has 0 radical (unpaired) electrons. The highest BCUT2D eigenvalue weighted by atomic mass is 35.5. The highest BCUT2D eigenvalue weighted by Crippen LogP contribution is 2.33. The molecular formula is C12H16Cl2N2O3S. The number of benzene rings is 1. The standard InChI is InChI=1S/C12H16Cl2N2O3S/c1-3-20(18,19)15-7-8-16(9(2)17)12-10(13)5-4-6-11(12)14/h4-6,15H,3,7-8H2,1-2H3. The Hall–Kier alpha value is -0.820. The van der Waals surface area contributed by atoms with Gasteiger partial charge in [-0.15, -0.1) is 0 Å². The summed E-state index contributed by atoms with van der Waals surface area (Å²) >= 11 is 12.1. The Kier molecular flexibility index (Phi) is 6.26. The number of anilines is 1. The molecule has 0 aromatic heterocycles. The van der Waals surface area contributed by atoms with Gasteiger partial charge in [0.1, 0.15) is 0 Å². The van der Waals surface area contributed by atoms with E-state index < -0.39 is 10.0 Å². The molecule has 0 aliphatic heterocycles. The van der Waals surface area contributed by atoms with E-state index in [-0.39, 0.29) is 24.7 Å². The highest BCUT2D eigenvalue weighted by molar-refractivity contribution is 7.89. The molecule has 1 rings (SSSR count). The number of para-hydroxylation sites is 1. The number of amides is 1. The molecule has 0 saturated carbocycles. The van der Waals surface area contributed by atoms with Gasteiger partial charge in [-0.25, -0.2) is 13.1 Å². The van der Waals surface area contributed by atoms with Gasteiger partial charge < -0.3 is 4.90 Å². The van der Waals surface area contributed by atoms with Crippen molar-refractivity contribution in [1.82, 2.24) is 4.72 Å². The number of halogens is 2.